The van der Waals surface area contributed by atoms with Crippen molar-refractivity contribution in [1.29, 1.82) is 0 Å². The summed E-state index contributed by atoms with van der Waals surface area (Å²) < 4.78 is 13.5. The fourth-order valence-electron chi connectivity index (χ4n) is 1.54. The largest absolute Gasteiger partial charge is 0.477 e. The lowest BCUT2D eigenvalue weighted by atomic mass is 10.2. The summed E-state index contributed by atoms with van der Waals surface area (Å²) in [5, 5.41) is 11.9. The van der Waals surface area contributed by atoms with Gasteiger partial charge >= 0.3 is 5.97 Å². The Hall–Kier alpha value is -2.14. The van der Waals surface area contributed by atoms with Gasteiger partial charge in [-0.25, -0.2) is 14.2 Å². The van der Waals surface area contributed by atoms with Crippen LogP contribution in [0.5, 0.6) is 0 Å². The third-order valence-corrected chi connectivity index (χ3v) is 2.75. The number of nitrogens with one attached hydrogen (secondary N) is 1. The van der Waals surface area contributed by atoms with Crippen molar-refractivity contribution >= 4 is 23.3 Å². The van der Waals surface area contributed by atoms with Gasteiger partial charge in [-0.1, -0.05) is 23.7 Å². The molecular weight excluding hydrogens is 271 g/mol. The van der Waals surface area contributed by atoms with E-state index in [1.807, 2.05) is 0 Å². The van der Waals surface area contributed by atoms with E-state index in [9.17, 15) is 9.18 Å². The van der Waals surface area contributed by atoms with Crippen LogP contribution >= 0.6 is 11.6 Å². The zero-order chi connectivity index (χ0) is 13.8. The van der Waals surface area contributed by atoms with Crippen molar-refractivity contribution in [2.45, 2.75) is 6.54 Å². The molecule has 19 heavy (non-hydrogen) atoms. The highest BCUT2D eigenvalue weighted by atomic mass is 35.5. The van der Waals surface area contributed by atoms with Crippen molar-refractivity contribution in [1.82, 2.24) is 4.98 Å². The third kappa shape index (κ3) is 3.20. The van der Waals surface area contributed by atoms with Gasteiger partial charge in [0.15, 0.2) is 0 Å². The second-order valence-corrected chi connectivity index (χ2v) is 4.18. The van der Waals surface area contributed by atoms with Crippen molar-refractivity contribution in [2.24, 2.45) is 0 Å². The van der Waals surface area contributed by atoms with Crippen molar-refractivity contribution in [3.63, 3.8) is 0 Å². The van der Waals surface area contributed by atoms with Crippen LogP contribution < -0.4 is 5.32 Å². The molecule has 1 heterocycles. The first-order chi connectivity index (χ1) is 9.08. The van der Waals surface area contributed by atoms with E-state index in [4.69, 9.17) is 16.7 Å². The zero-order valence-corrected chi connectivity index (χ0v) is 10.5. The number of aromatic nitrogens is 1. The molecule has 0 saturated heterocycles. The Labute approximate surface area is 113 Å². The Balaban J connectivity index is 2.15. The number of halogens is 2. The van der Waals surface area contributed by atoms with Gasteiger partial charge in [0, 0.05) is 0 Å². The molecule has 1 aromatic heterocycles. The number of aromatic carboxylic acids is 1. The summed E-state index contributed by atoms with van der Waals surface area (Å²) in [4.78, 5) is 14.7. The number of hydrogen-bond donors (Lipinski definition) is 2. The molecular formula is C13H10ClFN2O2. The van der Waals surface area contributed by atoms with Gasteiger partial charge in [0.05, 0.1) is 22.9 Å². The second kappa shape index (κ2) is 5.67. The van der Waals surface area contributed by atoms with Crippen LogP contribution in [-0.2, 0) is 6.54 Å². The van der Waals surface area contributed by atoms with Crippen molar-refractivity contribution < 1.29 is 14.3 Å². The minimum Gasteiger partial charge on any atom is -0.477 e. The van der Waals surface area contributed by atoms with E-state index in [2.05, 4.69) is 10.3 Å². The summed E-state index contributed by atoms with van der Waals surface area (Å²) in [5.74, 6) is -1.58. The lowest BCUT2D eigenvalue weighted by molar-refractivity contribution is 0.0690. The number of hydrogen-bond acceptors (Lipinski definition) is 3. The molecule has 0 radical (unpaired) electrons. The summed E-state index contributed by atoms with van der Waals surface area (Å²) in [7, 11) is 0. The molecule has 0 bridgehead atoms. The van der Waals surface area contributed by atoms with E-state index in [-0.39, 0.29) is 22.9 Å². The maximum Gasteiger partial charge on any atom is 0.354 e. The molecule has 0 atom stereocenters. The van der Waals surface area contributed by atoms with Crippen LogP contribution in [0, 0.1) is 5.82 Å². The summed E-state index contributed by atoms with van der Waals surface area (Å²) in [5.41, 5.74) is 0.602. The van der Waals surface area contributed by atoms with Gasteiger partial charge in [0.1, 0.15) is 11.5 Å². The molecule has 2 aromatic rings. The van der Waals surface area contributed by atoms with Crippen molar-refractivity contribution in [3.8, 4) is 0 Å². The Bertz CT molecular complexity index is 599. The molecule has 0 saturated carbocycles. The number of benzene rings is 1. The Morgan fingerprint density at radius 3 is 2.74 bits per heavy atom. The molecule has 0 amide bonds. The molecule has 0 aliphatic rings. The van der Waals surface area contributed by atoms with E-state index >= 15 is 0 Å². The number of carboxylic acids is 1. The van der Waals surface area contributed by atoms with E-state index in [0.717, 1.165) is 0 Å². The first-order valence-electron chi connectivity index (χ1n) is 5.45. The lowest BCUT2D eigenvalue weighted by Gasteiger charge is -2.09. The minimum atomic E-state index is -1.11. The fourth-order valence-corrected chi connectivity index (χ4v) is 1.77. The predicted molar refractivity (Wildman–Crippen MR) is 69.9 cm³/mol. The lowest BCUT2D eigenvalue weighted by Crippen LogP contribution is -2.07. The van der Waals surface area contributed by atoms with E-state index < -0.39 is 11.8 Å². The molecule has 6 heteroatoms. The standard InChI is InChI=1S/C13H10ClFN2O2/c14-9-4-2-5-10(15)12(9)16-7-8-3-1-6-11(17-8)13(18)19/h1-6,16H,7H2,(H,18,19). The predicted octanol–water partition coefficient (Wildman–Crippen LogP) is 3.18. The highest BCUT2D eigenvalue weighted by molar-refractivity contribution is 6.33. The number of nitrogens with zero attached hydrogens (tertiary/aromatic N) is 1. The van der Waals surface area contributed by atoms with E-state index in [1.54, 1.807) is 18.2 Å². The molecule has 2 rings (SSSR count). The van der Waals surface area contributed by atoms with Gasteiger partial charge in [0.25, 0.3) is 0 Å². The maximum absolute atomic E-state index is 13.5. The van der Waals surface area contributed by atoms with Gasteiger partial charge in [-0.15, -0.1) is 0 Å². The average molecular weight is 281 g/mol. The van der Waals surface area contributed by atoms with Crippen LogP contribution in [-0.4, -0.2) is 16.1 Å². The topological polar surface area (TPSA) is 62.2 Å². The second-order valence-electron chi connectivity index (χ2n) is 3.77. The SMILES string of the molecule is O=C(O)c1cccc(CNc2c(F)cccc2Cl)n1. The van der Waals surface area contributed by atoms with E-state index in [1.165, 1.54) is 18.2 Å². The summed E-state index contributed by atoms with van der Waals surface area (Å²) in [6, 6.07) is 8.97. The number of anilines is 1. The minimum absolute atomic E-state index is 0.0565. The monoisotopic (exact) mass is 280 g/mol. The molecule has 1 aromatic carbocycles. The summed E-state index contributed by atoms with van der Waals surface area (Å²) in [6.07, 6.45) is 0. The average Bonchev–Trinajstić information content (AvgIpc) is 2.38. The highest BCUT2D eigenvalue weighted by Gasteiger charge is 2.08. The first kappa shape index (κ1) is 13.3. The molecule has 0 aliphatic heterocycles. The number of carboxylic acid groups (broad SMARTS) is 1. The van der Waals surface area contributed by atoms with Crippen LogP contribution in [0.3, 0.4) is 0 Å². The van der Waals surface area contributed by atoms with Crippen LogP contribution in [0.25, 0.3) is 0 Å². The van der Waals surface area contributed by atoms with Gasteiger partial charge in [-0.2, -0.15) is 0 Å². The van der Waals surface area contributed by atoms with E-state index in [0.29, 0.717) is 5.69 Å². The van der Waals surface area contributed by atoms with Crippen LogP contribution in [0.1, 0.15) is 16.2 Å². The molecule has 0 aliphatic carbocycles. The smallest absolute Gasteiger partial charge is 0.354 e. The van der Waals surface area contributed by atoms with Crippen molar-refractivity contribution in [2.75, 3.05) is 5.32 Å². The van der Waals surface area contributed by atoms with Gasteiger partial charge < -0.3 is 10.4 Å². The fraction of sp³-hybridized carbons (Fsp3) is 0.0769. The van der Waals surface area contributed by atoms with Crippen LogP contribution in [0.4, 0.5) is 10.1 Å². The summed E-state index contributed by atoms with van der Waals surface area (Å²) >= 11 is 5.86. The van der Waals surface area contributed by atoms with Crippen LogP contribution in [0.15, 0.2) is 36.4 Å². The Morgan fingerprint density at radius 1 is 1.32 bits per heavy atom. The maximum atomic E-state index is 13.5. The van der Waals surface area contributed by atoms with Gasteiger partial charge in [0.2, 0.25) is 0 Å². The normalized spacial score (nSPS) is 10.2. The quantitative estimate of drug-likeness (QED) is 0.903. The number of para-hydroxylation sites is 1. The Kier molecular flexibility index (Phi) is 3.97. The number of rotatable bonds is 4. The first-order valence-corrected chi connectivity index (χ1v) is 5.83. The zero-order valence-electron chi connectivity index (χ0n) is 9.73. The molecule has 98 valence electrons. The molecule has 0 fully saturated rings. The number of carbonyl (C=O) groups is 1. The number of pyridine rings is 1. The van der Waals surface area contributed by atoms with Gasteiger partial charge in [-0.05, 0) is 24.3 Å². The Morgan fingerprint density at radius 2 is 2.05 bits per heavy atom. The third-order valence-electron chi connectivity index (χ3n) is 2.43. The molecule has 4 nitrogen and oxygen atoms in total. The summed E-state index contributed by atoms with van der Waals surface area (Å²) in [6.45, 7) is 0.182. The molecule has 0 spiro atoms. The highest BCUT2D eigenvalue weighted by Crippen LogP contribution is 2.24. The van der Waals surface area contributed by atoms with Gasteiger partial charge in [-0.3, -0.25) is 0 Å². The van der Waals surface area contributed by atoms with Crippen molar-refractivity contribution in [3.05, 3.63) is 58.6 Å². The van der Waals surface area contributed by atoms with Crippen LogP contribution in [0.2, 0.25) is 5.02 Å². The molecule has 0 unspecified atom stereocenters. The molecule has 2 N–H and O–H groups in total.